The standard InChI is InChI=1S/C5H6N4O2/c6-3-1-8-2-4(7)5(3)9(10)11/h1-2H,6-7H2. The Hall–Kier alpha value is -1.85. The van der Waals surface area contributed by atoms with Gasteiger partial charge in [0, 0.05) is 0 Å². The fraction of sp³-hybridized carbons (Fsp3) is 0. The van der Waals surface area contributed by atoms with E-state index in [9.17, 15) is 10.1 Å². The SMILES string of the molecule is Nc1cncc(N)c1[N+](=O)[O-]. The van der Waals surface area contributed by atoms with Gasteiger partial charge in [-0.1, -0.05) is 0 Å². The highest BCUT2D eigenvalue weighted by Gasteiger charge is 2.15. The average Bonchev–Trinajstić information content (AvgIpc) is 1.85. The molecule has 1 aromatic rings. The fourth-order valence-corrected chi connectivity index (χ4v) is 0.698. The average molecular weight is 154 g/mol. The van der Waals surface area contributed by atoms with Crippen molar-refractivity contribution in [2.75, 3.05) is 11.5 Å². The van der Waals surface area contributed by atoms with Crippen molar-refractivity contribution in [2.45, 2.75) is 0 Å². The number of aromatic nitrogens is 1. The number of rotatable bonds is 1. The van der Waals surface area contributed by atoms with Crippen LogP contribution in [0.1, 0.15) is 0 Å². The highest BCUT2D eigenvalue weighted by atomic mass is 16.6. The van der Waals surface area contributed by atoms with Crippen LogP contribution < -0.4 is 11.5 Å². The summed E-state index contributed by atoms with van der Waals surface area (Å²) in [7, 11) is 0. The molecule has 0 saturated heterocycles. The molecular weight excluding hydrogens is 148 g/mol. The third kappa shape index (κ3) is 1.18. The lowest BCUT2D eigenvalue weighted by molar-refractivity contribution is -0.383. The van der Waals surface area contributed by atoms with Crippen LogP contribution in [0.25, 0.3) is 0 Å². The minimum absolute atomic E-state index is 0.0185. The van der Waals surface area contributed by atoms with E-state index in [0.29, 0.717) is 0 Å². The van der Waals surface area contributed by atoms with E-state index >= 15 is 0 Å². The summed E-state index contributed by atoms with van der Waals surface area (Å²) in [6, 6.07) is 0. The largest absolute Gasteiger partial charge is 0.392 e. The lowest BCUT2D eigenvalue weighted by Crippen LogP contribution is -2.00. The van der Waals surface area contributed by atoms with E-state index < -0.39 is 4.92 Å². The first-order valence-corrected chi connectivity index (χ1v) is 2.76. The second-order valence-corrected chi connectivity index (χ2v) is 1.92. The Balaban J connectivity index is 3.32. The molecule has 6 nitrogen and oxygen atoms in total. The summed E-state index contributed by atoms with van der Waals surface area (Å²) in [6.45, 7) is 0. The summed E-state index contributed by atoms with van der Waals surface area (Å²) in [5.74, 6) is 0. The lowest BCUT2D eigenvalue weighted by Gasteiger charge is -1.97. The summed E-state index contributed by atoms with van der Waals surface area (Å²) >= 11 is 0. The van der Waals surface area contributed by atoms with E-state index in [2.05, 4.69) is 4.98 Å². The highest BCUT2D eigenvalue weighted by molar-refractivity contribution is 5.70. The topological polar surface area (TPSA) is 108 Å². The molecule has 0 aliphatic rings. The lowest BCUT2D eigenvalue weighted by atomic mass is 10.3. The first-order valence-electron chi connectivity index (χ1n) is 2.76. The van der Waals surface area contributed by atoms with Gasteiger partial charge >= 0.3 is 5.69 Å². The molecule has 0 radical (unpaired) electrons. The van der Waals surface area contributed by atoms with Crippen molar-refractivity contribution in [1.82, 2.24) is 4.98 Å². The first-order chi connectivity index (χ1) is 5.13. The molecule has 0 saturated carbocycles. The van der Waals surface area contributed by atoms with E-state index in [1.165, 1.54) is 12.4 Å². The molecule has 58 valence electrons. The summed E-state index contributed by atoms with van der Waals surface area (Å²) in [4.78, 5) is 13.2. The third-order valence-corrected chi connectivity index (χ3v) is 1.16. The zero-order chi connectivity index (χ0) is 8.43. The maximum absolute atomic E-state index is 10.3. The number of anilines is 2. The van der Waals surface area contributed by atoms with Gasteiger partial charge in [-0.05, 0) is 0 Å². The molecule has 6 heteroatoms. The maximum Gasteiger partial charge on any atom is 0.317 e. The van der Waals surface area contributed by atoms with Crippen LogP contribution in [-0.4, -0.2) is 9.91 Å². The van der Waals surface area contributed by atoms with Crippen LogP contribution in [0, 0.1) is 10.1 Å². The summed E-state index contributed by atoms with van der Waals surface area (Å²) < 4.78 is 0. The minimum Gasteiger partial charge on any atom is -0.392 e. The maximum atomic E-state index is 10.3. The Morgan fingerprint density at radius 2 is 1.82 bits per heavy atom. The van der Waals surface area contributed by atoms with Crippen molar-refractivity contribution < 1.29 is 4.92 Å². The van der Waals surface area contributed by atoms with E-state index in [1.54, 1.807) is 0 Å². The van der Waals surface area contributed by atoms with Gasteiger partial charge in [-0.3, -0.25) is 15.1 Å². The van der Waals surface area contributed by atoms with Crippen LogP contribution in [0.2, 0.25) is 0 Å². The van der Waals surface area contributed by atoms with Crippen LogP contribution >= 0.6 is 0 Å². The number of nitrogens with two attached hydrogens (primary N) is 2. The molecule has 0 atom stereocenters. The molecule has 4 N–H and O–H groups in total. The minimum atomic E-state index is -0.633. The van der Waals surface area contributed by atoms with E-state index in [4.69, 9.17) is 11.5 Å². The van der Waals surface area contributed by atoms with Crippen LogP contribution in [0.15, 0.2) is 12.4 Å². The van der Waals surface area contributed by atoms with Crippen molar-refractivity contribution in [3.63, 3.8) is 0 Å². The van der Waals surface area contributed by atoms with Crippen LogP contribution in [-0.2, 0) is 0 Å². The van der Waals surface area contributed by atoms with Gasteiger partial charge in [-0.25, -0.2) is 0 Å². The molecular formula is C5H6N4O2. The highest BCUT2D eigenvalue weighted by Crippen LogP contribution is 2.25. The third-order valence-electron chi connectivity index (χ3n) is 1.16. The molecule has 1 heterocycles. The zero-order valence-electron chi connectivity index (χ0n) is 5.52. The molecule has 0 bridgehead atoms. The Morgan fingerprint density at radius 1 is 1.36 bits per heavy atom. The Morgan fingerprint density at radius 3 is 2.09 bits per heavy atom. The second-order valence-electron chi connectivity index (χ2n) is 1.92. The van der Waals surface area contributed by atoms with Crippen molar-refractivity contribution in [3.05, 3.63) is 22.5 Å². The predicted octanol–water partition coefficient (Wildman–Crippen LogP) is 0.154. The molecule has 1 rings (SSSR count). The number of pyridine rings is 1. The molecule has 0 fully saturated rings. The smallest absolute Gasteiger partial charge is 0.317 e. The van der Waals surface area contributed by atoms with E-state index in [-0.39, 0.29) is 17.1 Å². The van der Waals surface area contributed by atoms with Gasteiger partial charge in [0.1, 0.15) is 11.4 Å². The first kappa shape index (κ1) is 7.26. The van der Waals surface area contributed by atoms with Gasteiger partial charge in [0.05, 0.1) is 17.3 Å². The number of hydrogen-bond donors (Lipinski definition) is 2. The second kappa shape index (κ2) is 2.41. The van der Waals surface area contributed by atoms with Gasteiger partial charge in [-0.15, -0.1) is 0 Å². The van der Waals surface area contributed by atoms with Gasteiger partial charge < -0.3 is 11.5 Å². The molecule has 1 aromatic heterocycles. The van der Waals surface area contributed by atoms with Crippen molar-refractivity contribution in [1.29, 1.82) is 0 Å². The van der Waals surface area contributed by atoms with Gasteiger partial charge in [0.25, 0.3) is 0 Å². The Bertz CT molecular complexity index is 278. The fourth-order valence-electron chi connectivity index (χ4n) is 0.698. The molecule has 0 aliphatic carbocycles. The number of hydrogen-bond acceptors (Lipinski definition) is 5. The molecule has 0 aromatic carbocycles. The van der Waals surface area contributed by atoms with Gasteiger partial charge in [-0.2, -0.15) is 0 Å². The van der Waals surface area contributed by atoms with Crippen LogP contribution in [0.5, 0.6) is 0 Å². The number of nitrogen functional groups attached to an aromatic ring is 2. The summed E-state index contributed by atoms with van der Waals surface area (Å²) in [5.41, 5.74) is 10.2. The molecule has 11 heavy (non-hydrogen) atoms. The summed E-state index contributed by atoms with van der Waals surface area (Å²) in [6.07, 6.45) is 2.38. The van der Waals surface area contributed by atoms with E-state index in [0.717, 1.165) is 0 Å². The Kier molecular flexibility index (Phi) is 1.59. The monoisotopic (exact) mass is 154 g/mol. The van der Waals surface area contributed by atoms with Crippen molar-refractivity contribution >= 4 is 17.1 Å². The van der Waals surface area contributed by atoms with E-state index in [1.807, 2.05) is 0 Å². The number of nitrogens with zero attached hydrogens (tertiary/aromatic N) is 2. The van der Waals surface area contributed by atoms with Crippen LogP contribution in [0.3, 0.4) is 0 Å². The molecule has 0 amide bonds. The normalized spacial score (nSPS) is 9.45. The Labute approximate surface area is 62.0 Å². The van der Waals surface area contributed by atoms with Gasteiger partial charge in [0.2, 0.25) is 0 Å². The zero-order valence-corrected chi connectivity index (χ0v) is 5.52. The predicted molar refractivity (Wildman–Crippen MR) is 39.7 cm³/mol. The van der Waals surface area contributed by atoms with Gasteiger partial charge in [0.15, 0.2) is 0 Å². The molecule has 0 aliphatic heterocycles. The van der Waals surface area contributed by atoms with Crippen molar-refractivity contribution in [2.24, 2.45) is 0 Å². The molecule has 0 spiro atoms. The quantitative estimate of drug-likeness (QED) is 0.442. The van der Waals surface area contributed by atoms with Crippen LogP contribution in [0.4, 0.5) is 17.1 Å². The summed E-state index contributed by atoms with van der Waals surface area (Å²) in [5, 5.41) is 10.3. The van der Waals surface area contributed by atoms with Crippen molar-refractivity contribution in [3.8, 4) is 0 Å². The number of nitro groups is 1. The molecule has 0 unspecified atom stereocenters.